The van der Waals surface area contributed by atoms with Gasteiger partial charge in [-0.2, -0.15) is 0 Å². The summed E-state index contributed by atoms with van der Waals surface area (Å²) < 4.78 is 0. The number of aryl methyl sites for hydroxylation is 1. The summed E-state index contributed by atoms with van der Waals surface area (Å²) in [4.78, 5) is 31.2. The Morgan fingerprint density at radius 3 is 2.56 bits per heavy atom. The van der Waals surface area contributed by atoms with Crippen LogP contribution < -0.4 is 0 Å². The van der Waals surface area contributed by atoms with Crippen molar-refractivity contribution in [2.24, 2.45) is 5.92 Å². The number of carbonyl (C=O) groups is 1. The molecule has 0 atom stereocenters. The van der Waals surface area contributed by atoms with Gasteiger partial charge in [-0.25, -0.2) is 9.97 Å². The highest BCUT2D eigenvalue weighted by Crippen LogP contribution is 2.25. The van der Waals surface area contributed by atoms with Crippen LogP contribution in [0.25, 0.3) is 11.5 Å². The van der Waals surface area contributed by atoms with Gasteiger partial charge in [0.1, 0.15) is 5.69 Å². The summed E-state index contributed by atoms with van der Waals surface area (Å²) in [6.07, 6.45) is 8.07. The summed E-state index contributed by atoms with van der Waals surface area (Å²) in [6.45, 7) is 3.55. The molecule has 3 aromatic rings. The van der Waals surface area contributed by atoms with Crippen LogP contribution in [0.5, 0.6) is 0 Å². The largest absolute Gasteiger partial charge is 0.341 e. The lowest BCUT2D eigenvalue weighted by atomic mass is 9.91. The van der Waals surface area contributed by atoms with Crippen LogP contribution in [0.15, 0.2) is 48.9 Å². The minimum atomic E-state index is 0.125. The Kier molecular flexibility index (Phi) is 4.96. The van der Waals surface area contributed by atoms with Crippen LogP contribution in [0.3, 0.4) is 0 Å². The van der Waals surface area contributed by atoms with Crippen molar-refractivity contribution in [2.75, 3.05) is 13.1 Å². The van der Waals surface area contributed by atoms with E-state index in [0.29, 0.717) is 5.92 Å². The number of aromatic nitrogens is 4. The molecule has 0 aliphatic carbocycles. The summed E-state index contributed by atoms with van der Waals surface area (Å²) in [6, 6.07) is 9.51. The number of rotatable bonds is 4. The second kappa shape index (κ2) is 7.70. The first kappa shape index (κ1) is 17.4. The zero-order chi connectivity index (χ0) is 18.6. The number of aromatic amines is 1. The number of piperidine rings is 1. The molecule has 0 bridgehead atoms. The Morgan fingerprint density at radius 1 is 1.11 bits per heavy atom. The van der Waals surface area contributed by atoms with E-state index in [1.807, 2.05) is 48.4 Å². The van der Waals surface area contributed by atoms with Crippen molar-refractivity contribution in [3.63, 3.8) is 0 Å². The monoisotopic (exact) mass is 361 g/mol. The molecule has 6 heteroatoms. The lowest BCUT2D eigenvalue weighted by Gasteiger charge is -2.32. The van der Waals surface area contributed by atoms with Gasteiger partial charge in [0, 0.05) is 42.9 Å². The number of imidazole rings is 1. The van der Waals surface area contributed by atoms with Crippen molar-refractivity contribution in [2.45, 2.75) is 26.2 Å². The molecule has 4 rings (SSSR count). The molecule has 0 radical (unpaired) electrons. The first-order chi connectivity index (χ1) is 13.2. The molecule has 2 aromatic heterocycles. The number of carbonyl (C=O) groups excluding carboxylic acids is 1. The Labute approximate surface area is 158 Å². The molecule has 1 N–H and O–H groups in total. The highest BCUT2D eigenvalue weighted by atomic mass is 16.2. The summed E-state index contributed by atoms with van der Waals surface area (Å²) >= 11 is 0. The van der Waals surface area contributed by atoms with Crippen LogP contribution in [-0.4, -0.2) is 43.8 Å². The van der Waals surface area contributed by atoms with E-state index in [2.05, 4.69) is 19.9 Å². The molecule has 0 saturated carbocycles. The Morgan fingerprint density at radius 2 is 1.85 bits per heavy atom. The molecule has 0 unspecified atom stereocenters. The molecule has 1 aliphatic heterocycles. The molecule has 6 nitrogen and oxygen atoms in total. The van der Waals surface area contributed by atoms with Crippen molar-refractivity contribution in [3.8, 4) is 11.5 Å². The molecule has 1 saturated heterocycles. The fourth-order valence-corrected chi connectivity index (χ4v) is 3.62. The summed E-state index contributed by atoms with van der Waals surface area (Å²) in [5.41, 5.74) is 3.57. The van der Waals surface area contributed by atoms with Crippen LogP contribution in [0.4, 0.5) is 0 Å². The lowest BCUT2D eigenvalue weighted by molar-refractivity contribution is 0.0690. The van der Waals surface area contributed by atoms with Gasteiger partial charge in [0.15, 0.2) is 5.82 Å². The number of nitrogens with zero attached hydrogens (tertiary/aromatic N) is 4. The maximum Gasteiger partial charge on any atom is 0.253 e. The zero-order valence-corrected chi connectivity index (χ0v) is 15.4. The Bertz CT molecular complexity index is 913. The second-order valence-corrected chi connectivity index (χ2v) is 7.07. The van der Waals surface area contributed by atoms with Crippen molar-refractivity contribution in [1.82, 2.24) is 24.8 Å². The predicted molar refractivity (Wildman–Crippen MR) is 103 cm³/mol. The van der Waals surface area contributed by atoms with Crippen LogP contribution in [0.1, 0.15) is 34.6 Å². The molecule has 1 aromatic carbocycles. The molecule has 0 spiro atoms. The Balaban J connectivity index is 1.41. The van der Waals surface area contributed by atoms with Gasteiger partial charge in [0.05, 0.1) is 5.69 Å². The number of benzene rings is 1. The number of likely N-dealkylation sites (tertiary alicyclic amines) is 1. The van der Waals surface area contributed by atoms with Gasteiger partial charge in [0.2, 0.25) is 0 Å². The quantitative estimate of drug-likeness (QED) is 0.774. The molecular weight excluding hydrogens is 338 g/mol. The van der Waals surface area contributed by atoms with E-state index in [-0.39, 0.29) is 5.91 Å². The normalized spacial score (nSPS) is 15.1. The van der Waals surface area contributed by atoms with Crippen LogP contribution in [0, 0.1) is 12.8 Å². The van der Waals surface area contributed by atoms with E-state index in [1.54, 1.807) is 12.4 Å². The average Bonchev–Trinajstić information content (AvgIpc) is 3.15. The highest BCUT2D eigenvalue weighted by Gasteiger charge is 2.25. The van der Waals surface area contributed by atoms with Gasteiger partial charge in [-0.3, -0.25) is 9.78 Å². The number of nitrogens with one attached hydrogen (secondary N) is 1. The first-order valence-electron chi connectivity index (χ1n) is 9.37. The number of hydrogen-bond donors (Lipinski definition) is 1. The molecule has 1 fully saturated rings. The van der Waals surface area contributed by atoms with Crippen molar-refractivity contribution >= 4 is 5.91 Å². The van der Waals surface area contributed by atoms with E-state index in [1.165, 1.54) is 0 Å². The van der Waals surface area contributed by atoms with Gasteiger partial charge >= 0.3 is 0 Å². The third kappa shape index (κ3) is 3.89. The minimum absolute atomic E-state index is 0.125. The fraction of sp³-hybridized carbons (Fsp3) is 0.333. The summed E-state index contributed by atoms with van der Waals surface area (Å²) in [7, 11) is 0. The summed E-state index contributed by atoms with van der Waals surface area (Å²) in [5, 5.41) is 0. The van der Waals surface area contributed by atoms with Crippen molar-refractivity contribution in [3.05, 3.63) is 65.9 Å². The van der Waals surface area contributed by atoms with Crippen molar-refractivity contribution in [1.29, 1.82) is 0 Å². The maximum absolute atomic E-state index is 12.6. The van der Waals surface area contributed by atoms with Crippen LogP contribution in [0.2, 0.25) is 0 Å². The van der Waals surface area contributed by atoms with E-state index >= 15 is 0 Å². The summed E-state index contributed by atoms with van der Waals surface area (Å²) in [5.74, 6) is 1.39. The average molecular weight is 361 g/mol. The van der Waals surface area contributed by atoms with E-state index in [0.717, 1.165) is 60.8 Å². The molecule has 138 valence electrons. The van der Waals surface area contributed by atoms with Crippen LogP contribution in [-0.2, 0) is 6.42 Å². The second-order valence-electron chi connectivity index (χ2n) is 7.07. The fourth-order valence-electron chi connectivity index (χ4n) is 3.62. The smallest absolute Gasteiger partial charge is 0.253 e. The highest BCUT2D eigenvalue weighted by molar-refractivity contribution is 5.94. The van der Waals surface area contributed by atoms with Gasteiger partial charge in [-0.05, 0) is 44.2 Å². The van der Waals surface area contributed by atoms with Gasteiger partial charge in [-0.1, -0.05) is 18.2 Å². The van der Waals surface area contributed by atoms with E-state index in [9.17, 15) is 4.79 Å². The third-order valence-corrected chi connectivity index (χ3v) is 5.11. The van der Waals surface area contributed by atoms with Gasteiger partial charge in [0.25, 0.3) is 5.91 Å². The number of amides is 1. The molecule has 1 amide bonds. The van der Waals surface area contributed by atoms with Gasteiger partial charge < -0.3 is 9.88 Å². The lowest BCUT2D eigenvalue weighted by Crippen LogP contribution is -2.39. The Hall–Kier alpha value is -3.02. The number of H-pyrrole nitrogens is 1. The van der Waals surface area contributed by atoms with Crippen LogP contribution >= 0.6 is 0 Å². The first-order valence-corrected chi connectivity index (χ1v) is 9.37. The van der Waals surface area contributed by atoms with Crippen molar-refractivity contribution < 1.29 is 4.79 Å². The van der Waals surface area contributed by atoms with E-state index < -0.39 is 0 Å². The third-order valence-electron chi connectivity index (χ3n) is 5.11. The molecule has 3 heterocycles. The molecule has 27 heavy (non-hydrogen) atoms. The maximum atomic E-state index is 12.6. The topological polar surface area (TPSA) is 74.8 Å². The number of hydrogen-bond acceptors (Lipinski definition) is 4. The van der Waals surface area contributed by atoms with Gasteiger partial charge in [-0.15, -0.1) is 0 Å². The predicted octanol–water partition coefficient (Wildman–Crippen LogP) is 3.27. The standard InChI is InChI=1S/C21H23N5O/c1-15-14-24-20(25-15)19-18(22-9-10-23-19)13-16-7-11-26(12-8-16)21(27)17-5-3-2-4-6-17/h2-6,9-10,14,16H,7-8,11-13H2,1H3,(H,24,25). The SMILES string of the molecule is Cc1cnc(-c2nccnc2CC2CCN(C(=O)c3ccccc3)CC2)[nH]1. The van der Waals surface area contributed by atoms with E-state index in [4.69, 9.17) is 0 Å². The molecular formula is C21H23N5O. The minimum Gasteiger partial charge on any atom is -0.341 e. The zero-order valence-electron chi connectivity index (χ0n) is 15.4. The molecule has 1 aliphatic rings.